The summed E-state index contributed by atoms with van der Waals surface area (Å²) in [5.74, 6) is -20.9. The molecular weight excluding hydrogens is 413 g/mol. The van der Waals surface area contributed by atoms with Crippen LogP contribution in [0.1, 0.15) is 13.3 Å². The summed E-state index contributed by atoms with van der Waals surface area (Å²) in [4.78, 5) is 12.9. The average molecular weight is 431 g/mol. The molecule has 1 rings (SSSR count). The number of nitrogens with zero attached hydrogens (tertiary/aromatic N) is 1. The first kappa shape index (κ1) is 24.5. The first-order chi connectivity index (χ1) is 12.5. The van der Waals surface area contributed by atoms with E-state index in [1.807, 2.05) is 0 Å². The lowest BCUT2D eigenvalue weighted by molar-refractivity contribution is -0.398. The van der Waals surface area contributed by atoms with Crippen molar-refractivity contribution in [2.24, 2.45) is 0 Å². The van der Waals surface area contributed by atoms with Crippen molar-refractivity contribution in [2.75, 3.05) is 32.8 Å². The second-order valence-corrected chi connectivity index (χ2v) is 6.28. The maximum atomic E-state index is 13.9. The van der Waals surface area contributed by atoms with Gasteiger partial charge >= 0.3 is 29.9 Å². The highest BCUT2D eigenvalue weighted by Crippen LogP contribution is 2.54. The Morgan fingerprint density at radius 2 is 1.54 bits per heavy atom. The topological polar surface area (TPSA) is 38.8 Å². The largest absolute Gasteiger partial charge is 0.460 e. The van der Waals surface area contributed by atoms with Crippen LogP contribution in [0.15, 0.2) is 12.2 Å². The molecule has 1 fully saturated rings. The summed E-state index contributed by atoms with van der Waals surface area (Å²) in [5.41, 5.74) is -0.303. The van der Waals surface area contributed by atoms with Gasteiger partial charge in [-0.2, -0.15) is 39.5 Å². The number of hydrogen-bond donors (Lipinski definition) is 0. The zero-order valence-electron chi connectivity index (χ0n) is 14.6. The van der Waals surface area contributed by atoms with Crippen molar-refractivity contribution < 1.29 is 53.8 Å². The van der Waals surface area contributed by atoms with E-state index in [0.29, 0.717) is 0 Å². The van der Waals surface area contributed by atoms with Gasteiger partial charge in [0, 0.05) is 25.2 Å². The third kappa shape index (κ3) is 5.31. The molecule has 28 heavy (non-hydrogen) atoms. The van der Waals surface area contributed by atoms with Gasteiger partial charge in [-0.3, -0.25) is 4.90 Å². The first-order valence-corrected chi connectivity index (χ1v) is 7.89. The summed E-state index contributed by atoms with van der Waals surface area (Å²) in [7, 11) is 0. The predicted molar refractivity (Wildman–Crippen MR) is 77.5 cm³/mol. The Bertz CT molecular complexity index is 572. The van der Waals surface area contributed by atoms with Gasteiger partial charge in [0.15, 0.2) is 0 Å². The lowest BCUT2D eigenvalue weighted by Crippen LogP contribution is -2.62. The molecule has 0 amide bonds. The Morgan fingerprint density at radius 1 is 1.04 bits per heavy atom. The van der Waals surface area contributed by atoms with E-state index in [-0.39, 0.29) is 31.9 Å². The standard InChI is InChI=1S/C15H18F9NO3/c1-9(2)11(26)28-10(8-25-3-5-27-6-4-25)7-12(16,17)13(18,19)14(20,21)15(22,23)24/h10H,1,3-8H2,2H3. The van der Waals surface area contributed by atoms with Gasteiger partial charge in [0.05, 0.1) is 19.6 Å². The molecule has 1 saturated heterocycles. The summed E-state index contributed by atoms with van der Waals surface area (Å²) < 4.78 is 127. The van der Waals surface area contributed by atoms with Crippen molar-refractivity contribution in [2.45, 2.75) is 43.4 Å². The van der Waals surface area contributed by atoms with Crippen LogP contribution in [0.25, 0.3) is 0 Å². The molecule has 0 radical (unpaired) electrons. The van der Waals surface area contributed by atoms with Crippen LogP contribution in [0.5, 0.6) is 0 Å². The van der Waals surface area contributed by atoms with Gasteiger partial charge in [-0.25, -0.2) is 4.79 Å². The fourth-order valence-electron chi connectivity index (χ4n) is 2.29. The lowest BCUT2D eigenvalue weighted by atomic mass is 9.98. The van der Waals surface area contributed by atoms with Crippen LogP contribution in [0.2, 0.25) is 0 Å². The van der Waals surface area contributed by atoms with Crippen molar-refractivity contribution in [3.8, 4) is 0 Å². The molecular formula is C15H18F9NO3. The zero-order chi connectivity index (χ0) is 22.0. The van der Waals surface area contributed by atoms with E-state index >= 15 is 0 Å². The minimum atomic E-state index is -6.99. The van der Waals surface area contributed by atoms with E-state index in [4.69, 9.17) is 4.74 Å². The maximum Gasteiger partial charge on any atom is 0.460 e. The number of hydrogen-bond acceptors (Lipinski definition) is 4. The molecule has 4 nitrogen and oxygen atoms in total. The summed E-state index contributed by atoms with van der Waals surface area (Å²) in [5, 5.41) is 0. The normalized spacial score (nSPS) is 18.6. The highest BCUT2D eigenvalue weighted by molar-refractivity contribution is 5.87. The van der Waals surface area contributed by atoms with Crippen LogP contribution in [-0.2, 0) is 14.3 Å². The van der Waals surface area contributed by atoms with E-state index in [0.717, 1.165) is 6.92 Å². The SMILES string of the molecule is C=C(C)C(=O)OC(CN1CCOCC1)CC(F)(F)C(F)(F)C(F)(F)C(F)(F)F. The van der Waals surface area contributed by atoms with E-state index < -0.39 is 49.0 Å². The fourth-order valence-corrected chi connectivity index (χ4v) is 2.29. The van der Waals surface area contributed by atoms with Crippen LogP contribution in [0, 0.1) is 0 Å². The third-order valence-electron chi connectivity index (χ3n) is 3.88. The highest BCUT2D eigenvalue weighted by atomic mass is 19.4. The monoisotopic (exact) mass is 431 g/mol. The van der Waals surface area contributed by atoms with Gasteiger partial charge < -0.3 is 9.47 Å². The summed E-state index contributed by atoms with van der Waals surface area (Å²) in [6.07, 6.45) is -11.2. The van der Waals surface area contributed by atoms with Crippen LogP contribution >= 0.6 is 0 Å². The van der Waals surface area contributed by atoms with Crippen molar-refractivity contribution in [3.05, 3.63) is 12.2 Å². The lowest BCUT2D eigenvalue weighted by Gasteiger charge is -2.36. The molecule has 1 heterocycles. The molecule has 1 aliphatic rings. The smallest absolute Gasteiger partial charge is 0.457 e. The number of rotatable bonds is 8. The molecule has 0 saturated carbocycles. The molecule has 0 aromatic heterocycles. The van der Waals surface area contributed by atoms with Crippen LogP contribution in [0.3, 0.4) is 0 Å². The average Bonchev–Trinajstić information content (AvgIpc) is 2.53. The minimum absolute atomic E-state index is 0.127. The molecule has 1 atom stereocenters. The Morgan fingerprint density at radius 3 is 1.96 bits per heavy atom. The minimum Gasteiger partial charge on any atom is -0.457 e. The predicted octanol–water partition coefficient (Wildman–Crippen LogP) is 3.66. The van der Waals surface area contributed by atoms with Crippen LogP contribution < -0.4 is 0 Å². The molecule has 0 N–H and O–H groups in total. The number of carbonyl (C=O) groups is 1. The molecule has 13 heteroatoms. The van der Waals surface area contributed by atoms with Crippen LogP contribution in [0.4, 0.5) is 39.5 Å². The summed E-state index contributed by atoms with van der Waals surface area (Å²) in [6.45, 7) is 4.21. The highest BCUT2D eigenvalue weighted by Gasteiger charge is 2.81. The van der Waals surface area contributed by atoms with E-state index in [1.54, 1.807) is 0 Å². The Balaban J connectivity index is 3.08. The molecule has 164 valence electrons. The van der Waals surface area contributed by atoms with Crippen molar-refractivity contribution in [1.29, 1.82) is 0 Å². The van der Waals surface area contributed by atoms with Crippen molar-refractivity contribution >= 4 is 5.97 Å². The van der Waals surface area contributed by atoms with Gasteiger partial charge in [-0.1, -0.05) is 6.58 Å². The molecule has 0 bridgehead atoms. The Hall–Kier alpha value is -1.50. The third-order valence-corrected chi connectivity index (χ3v) is 3.88. The number of ether oxygens (including phenoxy) is 2. The van der Waals surface area contributed by atoms with Gasteiger partial charge in [0.25, 0.3) is 0 Å². The molecule has 1 aliphatic heterocycles. The number of halogens is 9. The summed E-state index contributed by atoms with van der Waals surface area (Å²) in [6, 6.07) is 0. The van der Waals surface area contributed by atoms with Gasteiger partial charge in [-0.05, 0) is 6.92 Å². The molecule has 0 aromatic rings. The Kier molecular flexibility index (Phi) is 7.43. The Labute approximate surface area is 154 Å². The summed E-state index contributed by atoms with van der Waals surface area (Å²) >= 11 is 0. The molecule has 0 aliphatic carbocycles. The quantitative estimate of drug-likeness (QED) is 0.334. The molecule has 0 spiro atoms. The van der Waals surface area contributed by atoms with Gasteiger partial charge in [0.1, 0.15) is 6.10 Å². The first-order valence-electron chi connectivity index (χ1n) is 7.89. The number of morpholine rings is 1. The molecule has 0 aromatic carbocycles. The van der Waals surface area contributed by atoms with Gasteiger partial charge in [0.2, 0.25) is 0 Å². The van der Waals surface area contributed by atoms with E-state index in [9.17, 15) is 44.3 Å². The number of carbonyl (C=O) groups excluding carboxylic acids is 1. The maximum absolute atomic E-state index is 13.9. The zero-order valence-corrected chi connectivity index (χ0v) is 14.6. The van der Waals surface area contributed by atoms with E-state index in [1.165, 1.54) is 4.90 Å². The van der Waals surface area contributed by atoms with Crippen molar-refractivity contribution in [3.63, 3.8) is 0 Å². The second kappa shape index (κ2) is 8.47. The fraction of sp³-hybridized carbons (Fsp3) is 0.800. The van der Waals surface area contributed by atoms with Gasteiger partial charge in [-0.15, -0.1) is 0 Å². The molecule has 1 unspecified atom stereocenters. The second-order valence-electron chi connectivity index (χ2n) is 6.28. The van der Waals surface area contributed by atoms with E-state index in [2.05, 4.69) is 11.3 Å². The van der Waals surface area contributed by atoms with Crippen LogP contribution in [-0.4, -0.2) is 73.8 Å². The van der Waals surface area contributed by atoms with Crippen molar-refractivity contribution in [1.82, 2.24) is 4.90 Å². The number of esters is 1. The number of alkyl halides is 9.